The standard InChI is InChI=1S/C21H24N4O/c1-16(21(26)24-20-8-4-3-7-17(20)15-22)23-18-9-11-19(12-10-18)25-13-5-2-6-14-25/h3-4,7-12,16,23H,2,5-6,13-14H2,1H3,(H,24,26). The maximum atomic E-state index is 12.4. The van der Waals surface area contributed by atoms with Crippen LogP contribution in [-0.4, -0.2) is 25.0 Å². The maximum absolute atomic E-state index is 12.4. The fourth-order valence-corrected chi connectivity index (χ4v) is 3.17. The van der Waals surface area contributed by atoms with Crippen LogP contribution in [0.2, 0.25) is 0 Å². The fourth-order valence-electron chi connectivity index (χ4n) is 3.17. The number of hydrogen-bond acceptors (Lipinski definition) is 4. The quantitative estimate of drug-likeness (QED) is 0.857. The molecule has 26 heavy (non-hydrogen) atoms. The van der Waals surface area contributed by atoms with Crippen LogP contribution in [0.1, 0.15) is 31.7 Å². The van der Waals surface area contributed by atoms with Gasteiger partial charge in [0.1, 0.15) is 12.1 Å². The first-order valence-corrected chi connectivity index (χ1v) is 9.09. The summed E-state index contributed by atoms with van der Waals surface area (Å²) >= 11 is 0. The zero-order chi connectivity index (χ0) is 18.4. The zero-order valence-corrected chi connectivity index (χ0v) is 15.0. The molecule has 2 aromatic carbocycles. The molecule has 2 aromatic rings. The molecule has 2 N–H and O–H groups in total. The first-order valence-electron chi connectivity index (χ1n) is 9.09. The average Bonchev–Trinajstić information content (AvgIpc) is 2.69. The molecule has 5 nitrogen and oxygen atoms in total. The van der Waals surface area contributed by atoms with Crippen LogP contribution in [0.15, 0.2) is 48.5 Å². The molecule has 134 valence electrons. The van der Waals surface area contributed by atoms with Crippen LogP contribution >= 0.6 is 0 Å². The van der Waals surface area contributed by atoms with Gasteiger partial charge in [-0.3, -0.25) is 4.79 Å². The number of benzene rings is 2. The van der Waals surface area contributed by atoms with Crippen molar-refractivity contribution in [2.75, 3.05) is 28.6 Å². The Hall–Kier alpha value is -3.00. The minimum Gasteiger partial charge on any atom is -0.374 e. The maximum Gasteiger partial charge on any atom is 0.246 e. The minimum atomic E-state index is -0.414. The van der Waals surface area contributed by atoms with Crippen molar-refractivity contribution < 1.29 is 4.79 Å². The number of hydrogen-bond donors (Lipinski definition) is 2. The van der Waals surface area contributed by atoms with E-state index in [2.05, 4.69) is 33.7 Å². The van der Waals surface area contributed by atoms with Gasteiger partial charge < -0.3 is 15.5 Å². The highest BCUT2D eigenvalue weighted by Crippen LogP contribution is 2.22. The smallest absolute Gasteiger partial charge is 0.246 e. The Bertz CT molecular complexity index is 788. The third-order valence-electron chi connectivity index (χ3n) is 4.67. The van der Waals surface area contributed by atoms with Crippen molar-refractivity contribution in [2.24, 2.45) is 0 Å². The molecule has 1 aliphatic heterocycles. The normalized spacial score (nSPS) is 15.0. The molecule has 0 bridgehead atoms. The predicted molar refractivity (Wildman–Crippen MR) is 105 cm³/mol. The van der Waals surface area contributed by atoms with Gasteiger partial charge in [0, 0.05) is 24.5 Å². The Kier molecular flexibility index (Phi) is 5.75. The second kappa shape index (κ2) is 8.39. The van der Waals surface area contributed by atoms with Crippen LogP contribution in [-0.2, 0) is 4.79 Å². The highest BCUT2D eigenvalue weighted by atomic mass is 16.2. The molecule has 0 aromatic heterocycles. The van der Waals surface area contributed by atoms with Gasteiger partial charge in [-0.15, -0.1) is 0 Å². The molecule has 1 amide bonds. The number of nitrogens with one attached hydrogen (secondary N) is 2. The fraction of sp³-hybridized carbons (Fsp3) is 0.333. The lowest BCUT2D eigenvalue weighted by Crippen LogP contribution is -2.32. The number of carbonyl (C=O) groups excluding carboxylic acids is 1. The molecule has 1 aliphatic rings. The lowest BCUT2D eigenvalue weighted by atomic mass is 10.1. The molecule has 1 atom stereocenters. The predicted octanol–water partition coefficient (Wildman–Crippen LogP) is 3.99. The lowest BCUT2D eigenvalue weighted by Gasteiger charge is -2.29. The van der Waals surface area contributed by atoms with Gasteiger partial charge in [-0.1, -0.05) is 12.1 Å². The molecule has 1 unspecified atom stereocenters. The van der Waals surface area contributed by atoms with Gasteiger partial charge in [-0.25, -0.2) is 0 Å². The van der Waals surface area contributed by atoms with E-state index in [1.807, 2.05) is 19.1 Å². The Morgan fingerprint density at radius 3 is 2.46 bits per heavy atom. The van der Waals surface area contributed by atoms with Crippen LogP contribution < -0.4 is 15.5 Å². The highest BCUT2D eigenvalue weighted by Gasteiger charge is 2.15. The van der Waals surface area contributed by atoms with Gasteiger partial charge in [-0.2, -0.15) is 5.26 Å². The summed E-state index contributed by atoms with van der Waals surface area (Å²) in [6.45, 7) is 4.04. The number of para-hydroxylation sites is 1. The molecule has 0 saturated carbocycles. The van der Waals surface area contributed by atoms with Gasteiger partial charge in [0.15, 0.2) is 0 Å². The largest absolute Gasteiger partial charge is 0.374 e. The van der Waals surface area contributed by atoms with E-state index in [9.17, 15) is 4.79 Å². The molecule has 1 saturated heterocycles. The van der Waals surface area contributed by atoms with Crippen molar-refractivity contribution in [1.29, 1.82) is 5.26 Å². The summed E-state index contributed by atoms with van der Waals surface area (Å²) in [6.07, 6.45) is 3.82. The third kappa shape index (κ3) is 4.34. The monoisotopic (exact) mass is 348 g/mol. The van der Waals surface area contributed by atoms with Crippen molar-refractivity contribution in [3.8, 4) is 6.07 Å². The topological polar surface area (TPSA) is 68.2 Å². The van der Waals surface area contributed by atoms with Gasteiger partial charge in [0.05, 0.1) is 11.3 Å². The Balaban J connectivity index is 1.59. The zero-order valence-electron chi connectivity index (χ0n) is 15.0. The van der Waals surface area contributed by atoms with Gasteiger partial charge in [0.25, 0.3) is 0 Å². The molecule has 1 fully saturated rings. The van der Waals surface area contributed by atoms with E-state index in [4.69, 9.17) is 5.26 Å². The lowest BCUT2D eigenvalue weighted by molar-refractivity contribution is -0.116. The molecule has 1 heterocycles. The molecule has 0 radical (unpaired) electrons. The number of rotatable bonds is 5. The first kappa shape index (κ1) is 17.8. The number of anilines is 3. The second-order valence-electron chi connectivity index (χ2n) is 6.61. The van der Waals surface area contributed by atoms with Crippen LogP contribution in [0, 0.1) is 11.3 Å². The van der Waals surface area contributed by atoms with Gasteiger partial charge in [-0.05, 0) is 62.6 Å². The summed E-state index contributed by atoms with van der Waals surface area (Å²) in [5.74, 6) is -0.173. The number of carbonyl (C=O) groups is 1. The number of nitriles is 1. The molecule has 0 spiro atoms. The Morgan fingerprint density at radius 1 is 1.08 bits per heavy atom. The number of amides is 1. The minimum absolute atomic E-state index is 0.173. The van der Waals surface area contributed by atoms with E-state index >= 15 is 0 Å². The molecule has 3 rings (SSSR count). The Morgan fingerprint density at radius 2 is 1.77 bits per heavy atom. The van der Waals surface area contributed by atoms with Crippen molar-refractivity contribution >= 4 is 23.0 Å². The van der Waals surface area contributed by atoms with E-state index in [0.717, 1.165) is 18.8 Å². The summed E-state index contributed by atoms with van der Waals surface area (Å²) < 4.78 is 0. The number of piperidine rings is 1. The highest BCUT2D eigenvalue weighted by molar-refractivity contribution is 5.97. The van der Waals surface area contributed by atoms with Crippen LogP contribution in [0.4, 0.5) is 17.1 Å². The summed E-state index contributed by atoms with van der Waals surface area (Å²) in [6, 6.07) is 16.9. The summed E-state index contributed by atoms with van der Waals surface area (Å²) in [4.78, 5) is 14.8. The van der Waals surface area contributed by atoms with E-state index in [-0.39, 0.29) is 5.91 Å². The van der Waals surface area contributed by atoms with Crippen LogP contribution in [0.25, 0.3) is 0 Å². The van der Waals surface area contributed by atoms with Gasteiger partial charge in [0.2, 0.25) is 5.91 Å². The average molecular weight is 348 g/mol. The van der Waals surface area contributed by atoms with E-state index in [1.165, 1.54) is 24.9 Å². The van der Waals surface area contributed by atoms with E-state index < -0.39 is 6.04 Å². The number of nitrogens with zero attached hydrogens (tertiary/aromatic N) is 2. The molecule has 5 heteroatoms. The first-order chi connectivity index (χ1) is 12.7. The van der Waals surface area contributed by atoms with E-state index in [1.54, 1.807) is 24.3 Å². The summed E-state index contributed by atoms with van der Waals surface area (Å²) in [7, 11) is 0. The second-order valence-corrected chi connectivity index (χ2v) is 6.61. The van der Waals surface area contributed by atoms with Crippen LogP contribution in [0.5, 0.6) is 0 Å². The van der Waals surface area contributed by atoms with Crippen molar-refractivity contribution in [1.82, 2.24) is 0 Å². The summed E-state index contributed by atoms with van der Waals surface area (Å²) in [5.41, 5.74) is 3.13. The van der Waals surface area contributed by atoms with E-state index in [0.29, 0.717) is 11.3 Å². The third-order valence-corrected chi connectivity index (χ3v) is 4.67. The Labute approximate surface area is 154 Å². The summed E-state index contributed by atoms with van der Waals surface area (Å²) in [5, 5.41) is 15.1. The van der Waals surface area contributed by atoms with Crippen LogP contribution in [0.3, 0.4) is 0 Å². The van der Waals surface area contributed by atoms with Crippen molar-refractivity contribution in [2.45, 2.75) is 32.2 Å². The molecule has 0 aliphatic carbocycles. The SMILES string of the molecule is CC(Nc1ccc(N2CCCCC2)cc1)C(=O)Nc1ccccc1C#N. The van der Waals surface area contributed by atoms with Gasteiger partial charge >= 0.3 is 0 Å². The molecular formula is C21H24N4O. The van der Waals surface area contributed by atoms with Crippen molar-refractivity contribution in [3.63, 3.8) is 0 Å². The van der Waals surface area contributed by atoms with Crippen molar-refractivity contribution in [3.05, 3.63) is 54.1 Å². The molecular weight excluding hydrogens is 324 g/mol.